The fourth-order valence-electron chi connectivity index (χ4n) is 4.50. The molecule has 6 rings (SSSR count). The minimum Gasteiger partial charge on any atom is -0.507 e. The number of ether oxygens (including phenoxy) is 1. The summed E-state index contributed by atoms with van der Waals surface area (Å²) in [4.78, 5) is 32.2. The Morgan fingerprint density at radius 2 is 1.67 bits per heavy atom. The van der Waals surface area contributed by atoms with Gasteiger partial charge in [-0.1, -0.05) is 71.6 Å². The van der Waals surface area contributed by atoms with E-state index in [9.17, 15) is 19.1 Å². The number of carbonyl (C=O) groups is 2. The van der Waals surface area contributed by atoms with Crippen molar-refractivity contribution in [3.05, 3.63) is 131 Å². The van der Waals surface area contributed by atoms with E-state index in [1.54, 1.807) is 54.6 Å². The van der Waals surface area contributed by atoms with Crippen LogP contribution in [0.1, 0.15) is 22.7 Å². The number of thioether (sulfide) groups is 1. The van der Waals surface area contributed by atoms with Crippen LogP contribution in [-0.2, 0) is 15.3 Å². The summed E-state index contributed by atoms with van der Waals surface area (Å²) >= 11 is 2.37. The number of aromatic nitrogens is 3. The van der Waals surface area contributed by atoms with Crippen LogP contribution < -0.4 is 9.64 Å². The molecule has 2 aromatic heterocycles. The molecule has 0 saturated carbocycles. The molecule has 1 aliphatic rings. The molecule has 0 radical (unpaired) electrons. The number of para-hydroxylation sites is 1. The van der Waals surface area contributed by atoms with E-state index in [1.165, 1.54) is 35.1 Å². The number of hydrogen-bond donors (Lipinski definition) is 1. The molecule has 3 heterocycles. The van der Waals surface area contributed by atoms with Crippen LogP contribution >= 0.6 is 23.1 Å². The zero-order valence-electron chi connectivity index (χ0n) is 21.8. The lowest BCUT2D eigenvalue weighted by Gasteiger charge is -2.23. The number of ketones is 1. The topological polar surface area (TPSA) is 106 Å². The molecule has 1 N–H and O–H groups in total. The molecule has 5 aromatic rings. The van der Waals surface area contributed by atoms with Crippen molar-refractivity contribution in [1.29, 1.82) is 0 Å². The van der Waals surface area contributed by atoms with Crippen LogP contribution in [0.3, 0.4) is 0 Å². The molecule has 8 nitrogen and oxygen atoms in total. The molecule has 1 fully saturated rings. The van der Waals surface area contributed by atoms with Crippen molar-refractivity contribution in [1.82, 2.24) is 15.2 Å². The Hall–Kier alpha value is -4.87. The van der Waals surface area contributed by atoms with Gasteiger partial charge in [0.25, 0.3) is 5.78 Å². The summed E-state index contributed by atoms with van der Waals surface area (Å²) in [5.74, 6) is -0.978. The molecule has 1 saturated heterocycles. The van der Waals surface area contributed by atoms with Gasteiger partial charge >= 0.3 is 5.91 Å². The molecule has 0 aliphatic carbocycles. The molecule has 0 bridgehead atoms. The number of hydrogen-bond acceptors (Lipinski definition) is 9. The third-order valence-corrected chi connectivity index (χ3v) is 8.57. The van der Waals surface area contributed by atoms with E-state index in [-0.39, 0.29) is 22.3 Å². The van der Waals surface area contributed by atoms with Crippen LogP contribution in [0.2, 0.25) is 0 Å². The van der Waals surface area contributed by atoms with Crippen LogP contribution in [0.4, 0.5) is 9.52 Å². The van der Waals surface area contributed by atoms with Gasteiger partial charge < -0.3 is 9.84 Å². The lowest BCUT2D eigenvalue weighted by Crippen LogP contribution is -2.29. The van der Waals surface area contributed by atoms with E-state index >= 15 is 0 Å². The summed E-state index contributed by atoms with van der Waals surface area (Å²) in [5.41, 5.74) is 1.27. The van der Waals surface area contributed by atoms with E-state index < -0.39 is 17.7 Å². The van der Waals surface area contributed by atoms with Gasteiger partial charge in [0.15, 0.2) is 4.34 Å². The Morgan fingerprint density at radius 3 is 2.45 bits per heavy atom. The number of nitrogens with zero attached hydrogens (tertiary/aromatic N) is 4. The number of carbonyl (C=O) groups excluding carboxylic acids is 2. The quantitative estimate of drug-likeness (QED) is 0.0687. The van der Waals surface area contributed by atoms with Crippen LogP contribution in [0, 0.1) is 5.82 Å². The fourth-order valence-corrected chi connectivity index (χ4v) is 6.35. The Kier molecular flexibility index (Phi) is 7.76. The standard InChI is InChI=1S/C31H21FN4O4S2/c32-24-12-5-4-7-21(24)18-41-31-35-34-30(42-31)36-26(20-8-6-11-23(17-20)40-22-9-2-1-3-10-22)25(28(38)29(36)39)27(37)19-13-15-33-16-14-19/h1-17,26,37H,18H2. The molecule has 1 amide bonds. The monoisotopic (exact) mass is 596 g/mol. The third kappa shape index (κ3) is 5.52. The van der Waals surface area contributed by atoms with E-state index in [0.29, 0.717) is 38.3 Å². The molecule has 1 unspecified atom stereocenters. The maximum absolute atomic E-state index is 14.1. The van der Waals surface area contributed by atoms with Crippen molar-refractivity contribution in [3.8, 4) is 11.5 Å². The normalized spacial score (nSPS) is 16.1. The summed E-state index contributed by atoms with van der Waals surface area (Å²) in [6.07, 6.45) is 2.97. The number of aliphatic hydroxyl groups is 1. The predicted octanol–water partition coefficient (Wildman–Crippen LogP) is 6.78. The van der Waals surface area contributed by atoms with E-state index in [2.05, 4.69) is 15.2 Å². The van der Waals surface area contributed by atoms with Crippen LogP contribution in [0.5, 0.6) is 11.5 Å². The summed E-state index contributed by atoms with van der Waals surface area (Å²) in [6.45, 7) is 0. The van der Waals surface area contributed by atoms with Crippen LogP contribution in [-0.4, -0.2) is 32.0 Å². The van der Waals surface area contributed by atoms with Gasteiger partial charge in [0.2, 0.25) is 5.13 Å². The highest BCUT2D eigenvalue weighted by Crippen LogP contribution is 2.44. The Balaban J connectivity index is 1.39. The highest BCUT2D eigenvalue weighted by atomic mass is 32.2. The third-order valence-electron chi connectivity index (χ3n) is 6.46. The first kappa shape index (κ1) is 27.3. The largest absolute Gasteiger partial charge is 0.507 e. The van der Waals surface area contributed by atoms with Crippen molar-refractivity contribution < 1.29 is 23.8 Å². The maximum Gasteiger partial charge on any atom is 0.301 e. The minimum atomic E-state index is -1.02. The second-order valence-electron chi connectivity index (χ2n) is 9.12. The molecule has 3 aromatic carbocycles. The van der Waals surface area contributed by atoms with E-state index in [1.807, 2.05) is 30.3 Å². The van der Waals surface area contributed by atoms with Crippen molar-refractivity contribution in [2.45, 2.75) is 16.1 Å². The predicted molar refractivity (Wildman–Crippen MR) is 158 cm³/mol. The van der Waals surface area contributed by atoms with E-state index in [4.69, 9.17) is 4.74 Å². The number of rotatable bonds is 8. The van der Waals surface area contributed by atoms with Crippen LogP contribution in [0.25, 0.3) is 5.76 Å². The van der Waals surface area contributed by atoms with Gasteiger partial charge in [-0.3, -0.25) is 19.5 Å². The molecule has 11 heteroatoms. The first-order valence-electron chi connectivity index (χ1n) is 12.7. The fraction of sp³-hybridized carbons (Fsp3) is 0.0645. The number of pyridine rings is 1. The SMILES string of the molecule is O=C1C(=O)N(c2nnc(SCc3ccccc3F)s2)C(c2cccc(Oc3ccccc3)c2)C1=C(O)c1ccncc1. The van der Waals surface area contributed by atoms with Gasteiger partial charge in [0.05, 0.1) is 11.6 Å². The number of anilines is 1. The number of halogens is 1. The summed E-state index contributed by atoms with van der Waals surface area (Å²) < 4.78 is 20.6. The van der Waals surface area contributed by atoms with Gasteiger partial charge in [0, 0.05) is 23.7 Å². The van der Waals surface area contributed by atoms with Crippen LogP contribution in [0.15, 0.2) is 113 Å². The van der Waals surface area contributed by atoms with Gasteiger partial charge in [-0.15, -0.1) is 10.2 Å². The average molecular weight is 597 g/mol. The molecule has 1 atom stereocenters. The molecule has 0 spiro atoms. The molecule has 208 valence electrons. The number of benzene rings is 3. The number of Topliss-reactive ketones (excluding diaryl/α,β-unsaturated/α-hetero) is 1. The molecule has 1 aliphatic heterocycles. The Bertz CT molecular complexity index is 1800. The van der Waals surface area contributed by atoms with Crippen molar-refractivity contribution in [2.75, 3.05) is 4.90 Å². The lowest BCUT2D eigenvalue weighted by atomic mass is 9.95. The van der Waals surface area contributed by atoms with Gasteiger partial charge in [-0.25, -0.2) is 4.39 Å². The first-order valence-corrected chi connectivity index (χ1v) is 14.5. The summed E-state index contributed by atoms with van der Waals surface area (Å²) in [7, 11) is 0. The minimum absolute atomic E-state index is 0.0983. The van der Waals surface area contributed by atoms with Crippen molar-refractivity contribution in [3.63, 3.8) is 0 Å². The Morgan fingerprint density at radius 1 is 0.929 bits per heavy atom. The average Bonchev–Trinajstić information content (AvgIpc) is 3.59. The second kappa shape index (κ2) is 11.9. The smallest absolute Gasteiger partial charge is 0.301 e. The highest BCUT2D eigenvalue weighted by molar-refractivity contribution is 8.00. The van der Waals surface area contributed by atoms with Gasteiger partial charge in [0.1, 0.15) is 23.1 Å². The lowest BCUT2D eigenvalue weighted by molar-refractivity contribution is -0.132. The number of amides is 1. The zero-order valence-corrected chi connectivity index (χ0v) is 23.4. The summed E-state index contributed by atoms with van der Waals surface area (Å²) in [5, 5.41) is 19.9. The maximum atomic E-state index is 14.1. The molecular formula is C31H21FN4O4S2. The van der Waals surface area contributed by atoms with Crippen molar-refractivity contribution in [2.24, 2.45) is 0 Å². The van der Waals surface area contributed by atoms with Crippen molar-refractivity contribution >= 4 is 45.7 Å². The van der Waals surface area contributed by atoms with E-state index in [0.717, 1.165) is 11.3 Å². The summed E-state index contributed by atoms with van der Waals surface area (Å²) in [6, 6.07) is 24.7. The second-order valence-corrected chi connectivity index (χ2v) is 11.3. The first-order chi connectivity index (χ1) is 20.5. The zero-order chi connectivity index (χ0) is 29.1. The van der Waals surface area contributed by atoms with Gasteiger partial charge in [-0.05, 0) is 53.6 Å². The highest BCUT2D eigenvalue weighted by Gasteiger charge is 2.48. The number of aliphatic hydroxyl groups excluding tert-OH is 1. The Labute approximate surface area is 248 Å². The van der Waals surface area contributed by atoms with Gasteiger partial charge in [-0.2, -0.15) is 0 Å². The molecular weight excluding hydrogens is 575 g/mol. The molecule has 42 heavy (non-hydrogen) atoms.